The molecule has 0 aliphatic heterocycles. The fourth-order valence-electron chi connectivity index (χ4n) is 2.35. The standard InChI is InChI=1S/C15H17N3S3/c1-8(14-9(2)20-10(3)17-14)16-11-5-6-12-13(7-11)21-15(18-12)19-4/h5-8,16H,1-4H3. The SMILES string of the molecule is CSc1nc2ccc(NC(C)c3nc(C)sc3C)cc2s1. The third-order valence-electron chi connectivity index (χ3n) is 3.28. The molecule has 0 saturated heterocycles. The highest BCUT2D eigenvalue weighted by molar-refractivity contribution is 8.00. The van der Waals surface area contributed by atoms with Crippen LogP contribution in [0.4, 0.5) is 5.69 Å². The molecule has 1 atom stereocenters. The molecule has 1 N–H and O–H groups in total. The number of hydrogen-bond donors (Lipinski definition) is 1. The predicted octanol–water partition coefficient (Wildman–Crippen LogP) is 5.26. The van der Waals surface area contributed by atoms with Crippen molar-refractivity contribution in [3.8, 4) is 0 Å². The zero-order valence-electron chi connectivity index (χ0n) is 12.4. The van der Waals surface area contributed by atoms with Crippen LogP contribution in [0.1, 0.15) is 28.5 Å². The molecule has 21 heavy (non-hydrogen) atoms. The number of fused-ring (bicyclic) bond motifs is 1. The van der Waals surface area contributed by atoms with Gasteiger partial charge in [0.2, 0.25) is 0 Å². The van der Waals surface area contributed by atoms with Crippen molar-refractivity contribution in [1.29, 1.82) is 0 Å². The summed E-state index contributed by atoms with van der Waals surface area (Å²) in [6, 6.07) is 6.56. The van der Waals surface area contributed by atoms with Crippen LogP contribution in [0.25, 0.3) is 10.2 Å². The smallest absolute Gasteiger partial charge is 0.150 e. The molecule has 2 aromatic heterocycles. The van der Waals surface area contributed by atoms with Crippen LogP contribution in [0.3, 0.4) is 0 Å². The average molecular weight is 336 g/mol. The Balaban J connectivity index is 1.85. The van der Waals surface area contributed by atoms with Crippen molar-refractivity contribution >= 4 is 50.3 Å². The first kappa shape index (κ1) is 14.8. The Labute approximate surface area is 136 Å². The summed E-state index contributed by atoms with van der Waals surface area (Å²) in [5.74, 6) is 0. The number of aromatic nitrogens is 2. The Kier molecular flexibility index (Phi) is 4.19. The highest BCUT2D eigenvalue weighted by atomic mass is 32.2. The molecular formula is C15H17N3S3. The van der Waals surface area contributed by atoms with Crippen LogP contribution in [0, 0.1) is 13.8 Å². The van der Waals surface area contributed by atoms with Crippen LogP contribution in [0.2, 0.25) is 0 Å². The number of benzene rings is 1. The molecule has 0 saturated carbocycles. The fourth-order valence-corrected chi connectivity index (χ4v) is 4.79. The summed E-state index contributed by atoms with van der Waals surface area (Å²) >= 11 is 5.19. The first-order valence-electron chi connectivity index (χ1n) is 6.72. The Hall–Kier alpha value is -1.11. The molecule has 0 fully saturated rings. The molecule has 0 amide bonds. The molecule has 110 valence electrons. The van der Waals surface area contributed by atoms with Crippen molar-refractivity contribution in [2.75, 3.05) is 11.6 Å². The largest absolute Gasteiger partial charge is 0.377 e. The van der Waals surface area contributed by atoms with E-state index in [0.717, 1.165) is 26.2 Å². The van der Waals surface area contributed by atoms with E-state index in [1.807, 2.05) is 0 Å². The maximum absolute atomic E-state index is 4.63. The molecular weight excluding hydrogens is 318 g/mol. The number of hydrogen-bond acceptors (Lipinski definition) is 6. The van der Waals surface area contributed by atoms with Crippen molar-refractivity contribution in [3.05, 3.63) is 33.8 Å². The molecule has 1 unspecified atom stereocenters. The number of nitrogens with one attached hydrogen (secondary N) is 1. The number of anilines is 1. The Morgan fingerprint density at radius 2 is 2.00 bits per heavy atom. The first-order chi connectivity index (χ1) is 10.1. The van der Waals surface area contributed by atoms with E-state index in [0.29, 0.717) is 0 Å². The lowest BCUT2D eigenvalue weighted by Gasteiger charge is -2.14. The molecule has 0 aliphatic rings. The number of rotatable bonds is 4. The third-order valence-corrected chi connectivity index (χ3v) is 6.18. The van der Waals surface area contributed by atoms with Gasteiger partial charge in [-0.3, -0.25) is 0 Å². The number of thiazole rings is 2. The van der Waals surface area contributed by atoms with E-state index in [-0.39, 0.29) is 6.04 Å². The van der Waals surface area contributed by atoms with E-state index in [2.05, 4.69) is 60.5 Å². The summed E-state index contributed by atoms with van der Waals surface area (Å²) in [6.45, 7) is 6.35. The second-order valence-corrected chi connectivity index (χ2v) is 8.40. The van der Waals surface area contributed by atoms with Gasteiger partial charge >= 0.3 is 0 Å². The van der Waals surface area contributed by atoms with Gasteiger partial charge in [-0.05, 0) is 45.2 Å². The molecule has 3 aromatic rings. The number of thioether (sulfide) groups is 1. The third kappa shape index (κ3) is 3.07. The quantitative estimate of drug-likeness (QED) is 0.660. The van der Waals surface area contributed by atoms with Crippen molar-refractivity contribution in [1.82, 2.24) is 9.97 Å². The van der Waals surface area contributed by atoms with Gasteiger partial charge in [0.15, 0.2) is 4.34 Å². The molecule has 0 spiro atoms. The van der Waals surface area contributed by atoms with Gasteiger partial charge in [0.1, 0.15) is 0 Å². The Morgan fingerprint density at radius 3 is 2.67 bits per heavy atom. The molecule has 6 heteroatoms. The highest BCUT2D eigenvalue weighted by Crippen LogP contribution is 2.31. The van der Waals surface area contributed by atoms with Crippen molar-refractivity contribution < 1.29 is 0 Å². The Morgan fingerprint density at radius 1 is 1.19 bits per heavy atom. The molecule has 0 bridgehead atoms. The summed E-state index contributed by atoms with van der Waals surface area (Å²) in [5, 5.41) is 4.67. The predicted molar refractivity (Wildman–Crippen MR) is 95.0 cm³/mol. The summed E-state index contributed by atoms with van der Waals surface area (Å²) in [4.78, 5) is 10.5. The van der Waals surface area contributed by atoms with Crippen LogP contribution >= 0.6 is 34.4 Å². The maximum atomic E-state index is 4.63. The van der Waals surface area contributed by atoms with Crippen LogP contribution in [-0.2, 0) is 0 Å². The Bertz CT molecular complexity index is 776. The maximum Gasteiger partial charge on any atom is 0.150 e. The van der Waals surface area contributed by atoms with Gasteiger partial charge in [0, 0.05) is 10.6 Å². The van der Waals surface area contributed by atoms with Crippen molar-refractivity contribution in [2.24, 2.45) is 0 Å². The van der Waals surface area contributed by atoms with Crippen molar-refractivity contribution in [3.63, 3.8) is 0 Å². The average Bonchev–Trinajstić information content (AvgIpc) is 3.00. The van der Waals surface area contributed by atoms with E-state index >= 15 is 0 Å². The van der Waals surface area contributed by atoms with Crippen molar-refractivity contribution in [2.45, 2.75) is 31.2 Å². The van der Waals surface area contributed by atoms with Crippen LogP contribution in [-0.4, -0.2) is 16.2 Å². The first-order valence-corrected chi connectivity index (χ1v) is 9.57. The van der Waals surface area contributed by atoms with Gasteiger partial charge in [0.05, 0.1) is 27.0 Å². The van der Waals surface area contributed by atoms with Crippen LogP contribution in [0.15, 0.2) is 22.5 Å². The summed E-state index contributed by atoms with van der Waals surface area (Å²) < 4.78 is 2.34. The van der Waals surface area contributed by atoms with E-state index in [4.69, 9.17) is 0 Å². The van der Waals surface area contributed by atoms with Gasteiger partial charge in [-0.15, -0.1) is 22.7 Å². The highest BCUT2D eigenvalue weighted by Gasteiger charge is 2.13. The minimum Gasteiger partial charge on any atom is -0.377 e. The van der Waals surface area contributed by atoms with Gasteiger partial charge in [0.25, 0.3) is 0 Å². The van der Waals surface area contributed by atoms with Gasteiger partial charge in [-0.1, -0.05) is 11.8 Å². The topological polar surface area (TPSA) is 37.8 Å². The lowest BCUT2D eigenvalue weighted by molar-refractivity contribution is 0.837. The van der Waals surface area contributed by atoms with E-state index < -0.39 is 0 Å². The normalized spacial score (nSPS) is 12.8. The molecule has 0 aliphatic carbocycles. The summed E-state index contributed by atoms with van der Waals surface area (Å²) in [7, 11) is 0. The van der Waals surface area contributed by atoms with Crippen LogP contribution < -0.4 is 5.32 Å². The minimum absolute atomic E-state index is 0.209. The number of nitrogens with zero attached hydrogens (tertiary/aromatic N) is 2. The van der Waals surface area contributed by atoms with Gasteiger partial charge in [-0.25, -0.2) is 9.97 Å². The lowest BCUT2D eigenvalue weighted by atomic mass is 10.2. The zero-order chi connectivity index (χ0) is 15.0. The van der Waals surface area contributed by atoms with Crippen LogP contribution in [0.5, 0.6) is 0 Å². The lowest BCUT2D eigenvalue weighted by Crippen LogP contribution is -2.08. The molecule has 3 nitrogen and oxygen atoms in total. The monoisotopic (exact) mass is 335 g/mol. The molecule has 2 heterocycles. The molecule has 1 aromatic carbocycles. The van der Waals surface area contributed by atoms with E-state index in [1.54, 1.807) is 34.4 Å². The molecule has 3 rings (SSSR count). The minimum atomic E-state index is 0.209. The van der Waals surface area contributed by atoms with Gasteiger partial charge in [-0.2, -0.15) is 0 Å². The molecule has 0 radical (unpaired) electrons. The number of aryl methyl sites for hydroxylation is 2. The fraction of sp³-hybridized carbons (Fsp3) is 0.333. The second-order valence-electron chi connectivity index (χ2n) is 4.91. The van der Waals surface area contributed by atoms with E-state index in [9.17, 15) is 0 Å². The van der Waals surface area contributed by atoms with Gasteiger partial charge < -0.3 is 5.32 Å². The zero-order valence-corrected chi connectivity index (χ0v) is 14.9. The summed E-state index contributed by atoms with van der Waals surface area (Å²) in [5.41, 5.74) is 3.34. The summed E-state index contributed by atoms with van der Waals surface area (Å²) in [6.07, 6.45) is 2.06. The second kappa shape index (κ2) is 5.94. The van der Waals surface area contributed by atoms with E-state index in [1.165, 1.54) is 9.58 Å².